The Balaban J connectivity index is 2.02. The first-order valence-corrected chi connectivity index (χ1v) is 10.0. The number of carbonyl (C=O) groups is 1. The van der Waals surface area contributed by atoms with Crippen LogP contribution in [0.25, 0.3) is 10.2 Å². The minimum atomic E-state index is -0.0967. The molecule has 27 heavy (non-hydrogen) atoms. The molecule has 0 N–H and O–H groups in total. The Morgan fingerprint density at radius 1 is 1.15 bits per heavy atom. The van der Waals surface area contributed by atoms with Gasteiger partial charge in [0.1, 0.15) is 0 Å². The molecule has 3 rings (SSSR count). The summed E-state index contributed by atoms with van der Waals surface area (Å²) >= 11 is 1.57. The van der Waals surface area contributed by atoms with Crippen LogP contribution < -0.4 is 4.90 Å². The summed E-state index contributed by atoms with van der Waals surface area (Å²) in [5, 5.41) is 5.21. The number of anilines is 1. The number of hydrogen-bond acceptors (Lipinski definition) is 5. The SMILES string of the molecule is CCn1nc(C(=O)N(CCN(C)C)c2nc3c(C)cc(C)cc3s2)cc1C. The molecule has 0 spiro atoms. The molecular formula is C20H27N5OS. The molecule has 0 unspecified atom stereocenters. The Hall–Kier alpha value is -2.25. The lowest BCUT2D eigenvalue weighted by Crippen LogP contribution is -2.37. The maximum absolute atomic E-state index is 13.3. The number of nitrogens with zero attached hydrogens (tertiary/aromatic N) is 5. The highest BCUT2D eigenvalue weighted by atomic mass is 32.1. The van der Waals surface area contributed by atoms with Crippen molar-refractivity contribution in [2.24, 2.45) is 0 Å². The summed E-state index contributed by atoms with van der Waals surface area (Å²) < 4.78 is 2.96. The number of aromatic nitrogens is 3. The number of benzene rings is 1. The molecule has 0 bridgehead atoms. The quantitative estimate of drug-likeness (QED) is 0.650. The lowest BCUT2D eigenvalue weighted by atomic mass is 10.1. The summed E-state index contributed by atoms with van der Waals surface area (Å²) in [5.74, 6) is -0.0967. The second kappa shape index (κ2) is 7.78. The lowest BCUT2D eigenvalue weighted by Gasteiger charge is -2.21. The second-order valence-corrected chi connectivity index (χ2v) is 8.18. The van der Waals surface area contributed by atoms with E-state index in [1.165, 1.54) is 5.56 Å². The van der Waals surface area contributed by atoms with E-state index in [0.717, 1.165) is 39.7 Å². The van der Waals surface area contributed by atoms with Gasteiger partial charge in [-0.2, -0.15) is 5.10 Å². The molecule has 144 valence electrons. The minimum absolute atomic E-state index is 0.0967. The number of hydrogen-bond donors (Lipinski definition) is 0. The molecule has 0 saturated carbocycles. The number of amides is 1. The number of likely N-dealkylation sites (N-methyl/N-ethyl adjacent to an activating group) is 1. The van der Waals surface area contributed by atoms with Crippen molar-refractivity contribution >= 4 is 32.6 Å². The van der Waals surface area contributed by atoms with Gasteiger partial charge in [-0.1, -0.05) is 17.4 Å². The molecule has 0 aliphatic carbocycles. The lowest BCUT2D eigenvalue weighted by molar-refractivity contribution is 0.0979. The Bertz CT molecular complexity index is 972. The molecule has 0 atom stereocenters. The van der Waals surface area contributed by atoms with Crippen molar-refractivity contribution < 1.29 is 4.79 Å². The van der Waals surface area contributed by atoms with Gasteiger partial charge < -0.3 is 4.90 Å². The summed E-state index contributed by atoms with van der Waals surface area (Å²) in [7, 11) is 4.01. The zero-order valence-corrected chi connectivity index (χ0v) is 17.7. The smallest absolute Gasteiger partial charge is 0.280 e. The van der Waals surface area contributed by atoms with E-state index in [-0.39, 0.29) is 5.91 Å². The molecule has 1 aromatic carbocycles. The molecule has 1 amide bonds. The monoisotopic (exact) mass is 385 g/mol. The molecule has 0 saturated heterocycles. The molecule has 0 fully saturated rings. The van der Waals surface area contributed by atoms with Gasteiger partial charge in [-0.25, -0.2) is 4.98 Å². The maximum Gasteiger partial charge on any atom is 0.280 e. The van der Waals surface area contributed by atoms with Crippen LogP contribution in [0.3, 0.4) is 0 Å². The molecular weight excluding hydrogens is 358 g/mol. The van der Waals surface area contributed by atoms with Crippen LogP contribution in [0.1, 0.15) is 34.2 Å². The minimum Gasteiger partial charge on any atom is -0.308 e. The van der Waals surface area contributed by atoms with E-state index >= 15 is 0 Å². The number of rotatable bonds is 6. The highest BCUT2D eigenvalue weighted by molar-refractivity contribution is 7.22. The molecule has 2 heterocycles. The topological polar surface area (TPSA) is 54.3 Å². The molecule has 7 heteroatoms. The average Bonchev–Trinajstić information content (AvgIpc) is 3.18. The fraction of sp³-hybridized carbons (Fsp3) is 0.450. The van der Waals surface area contributed by atoms with Gasteiger partial charge in [0.05, 0.1) is 10.2 Å². The third-order valence-electron chi connectivity index (χ3n) is 4.57. The standard InChI is InChI=1S/C20H27N5OS/c1-7-25-15(4)12-16(22-25)19(26)24(9-8-23(5)6)20-21-18-14(3)10-13(2)11-17(18)27-20/h10-12H,7-9H2,1-6H3. The van der Waals surface area contributed by atoms with Crippen LogP contribution in [-0.4, -0.2) is 52.8 Å². The van der Waals surface area contributed by atoms with Crippen molar-refractivity contribution in [3.8, 4) is 0 Å². The van der Waals surface area contributed by atoms with Crippen LogP contribution >= 0.6 is 11.3 Å². The molecule has 3 aromatic rings. The molecule has 2 aromatic heterocycles. The zero-order chi connectivity index (χ0) is 19.7. The summed E-state index contributed by atoms with van der Waals surface area (Å²) in [6.45, 7) is 10.2. The van der Waals surface area contributed by atoms with Crippen LogP contribution in [0.5, 0.6) is 0 Å². The van der Waals surface area contributed by atoms with Gasteiger partial charge in [0.25, 0.3) is 5.91 Å². The third-order valence-corrected chi connectivity index (χ3v) is 5.59. The van der Waals surface area contributed by atoms with Gasteiger partial charge in [-0.15, -0.1) is 0 Å². The van der Waals surface area contributed by atoms with Gasteiger partial charge in [-0.05, 0) is 65.0 Å². The molecule has 6 nitrogen and oxygen atoms in total. The first kappa shape index (κ1) is 19.5. The summed E-state index contributed by atoms with van der Waals surface area (Å²) in [5.41, 5.74) is 4.78. The van der Waals surface area contributed by atoms with Gasteiger partial charge in [0.15, 0.2) is 10.8 Å². The van der Waals surface area contributed by atoms with Crippen molar-refractivity contribution in [3.63, 3.8) is 0 Å². The average molecular weight is 386 g/mol. The third kappa shape index (κ3) is 4.04. The van der Waals surface area contributed by atoms with Crippen molar-refractivity contribution in [2.45, 2.75) is 34.2 Å². The molecule has 0 radical (unpaired) electrons. The Morgan fingerprint density at radius 3 is 2.52 bits per heavy atom. The predicted octanol–water partition coefficient (Wildman–Crippen LogP) is 3.65. The van der Waals surface area contributed by atoms with Crippen molar-refractivity contribution in [1.29, 1.82) is 0 Å². The fourth-order valence-electron chi connectivity index (χ4n) is 3.13. The van der Waals surface area contributed by atoms with Crippen molar-refractivity contribution in [1.82, 2.24) is 19.7 Å². The van der Waals surface area contributed by atoms with Crippen LogP contribution in [-0.2, 0) is 6.54 Å². The van der Waals surface area contributed by atoms with E-state index in [9.17, 15) is 4.79 Å². The Kier molecular flexibility index (Phi) is 5.62. The first-order valence-electron chi connectivity index (χ1n) is 9.19. The summed E-state index contributed by atoms with van der Waals surface area (Å²) in [6.07, 6.45) is 0. The predicted molar refractivity (Wildman–Crippen MR) is 112 cm³/mol. The Morgan fingerprint density at radius 2 is 1.89 bits per heavy atom. The highest BCUT2D eigenvalue weighted by Gasteiger charge is 2.24. The van der Waals surface area contributed by atoms with Crippen LogP contribution in [0, 0.1) is 20.8 Å². The van der Waals surface area contributed by atoms with E-state index in [1.54, 1.807) is 16.2 Å². The van der Waals surface area contributed by atoms with Crippen LogP contribution in [0.4, 0.5) is 5.13 Å². The number of carbonyl (C=O) groups excluding carboxylic acids is 1. The number of thiazole rings is 1. The van der Waals surface area contributed by atoms with E-state index in [1.807, 2.05) is 38.7 Å². The van der Waals surface area contributed by atoms with Gasteiger partial charge >= 0.3 is 0 Å². The van der Waals surface area contributed by atoms with Gasteiger partial charge in [-0.3, -0.25) is 14.4 Å². The van der Waals surface area contributed by atoms with Crippen molar-refractivity contribution in [2.75, 3.05) is 32.1 Å². The van der Waals surface area contributed by atoms with Gasteiger partial charge in [0, 0.05) is 25.3 Å². The second-order valence-electron chi connectivity index (χ2n) is 7.17. The van der Waals surface area contributed by atoms with Crippen molar-refractivity contribution in [3.05, 3.63) is 40.7 Å². The molecule has 0 aliphatic rings. The largest absolute Gasteiger partial charge is 0.308 e. The number of aryl methyl sites for hydroxylation is 4. The Labute approximate surface area is 164 Å². The zero-order valence-electron chi connectivity index (χ0n) is 16.9. The van der Waals surface area contributed by atoms with E-state index in [0.29, 0.717) is 12.2 Å². The summed E-state index contributed by atoms with van der Waals surface area (Å²) in [4.78, 5) is 21.9. The number of fused-ring (bicyclic) bond motifs is 1. The fourth-order valence-corrected chi connectivity index (χ4v) is 4.30. The van der Waals surface area contributed by atoms with Crippen LogP contribution in [0.2, 0.25) is 0 Å². The maximum atomic E-state index is 13.3. The van der Waals surface area contributed by atoms with Gasteiger partial charge in [0.2, 0.25) is 0 Å². The molecule has 0 aliphatic heterocycles. The highest BCUT2D eigenvalue weighted by Crippen LogP contribution is 2.32. The summed E-state index contributed by atoms with van der Waals surface area (Å²) in [6, 6.07) is 6.12. The first-order chi connectivity index (χ1) is 12.8. The van der Waals surface area contributed by atoms with E-state index in [4.69, 9.17) is 4.98 Å². The van der Waals surface area contributed by atoms with E-state index < -0.39 is 0 Å². The van der Waals surface area contributed by atoms with E-state index in [2.05, 4.69) is 36.0 Å². The van der Waals surface area contributed by atoms with Crippen LogP contribution in [0.15, 0.2) is 18.2 Å². The normalized spacial score (nSPS) is 11.5.